The Morgan fingerprint density at radius 3 is 2.70 bits per heavy atom. The van der Waals surface area contributed by atoms with Gasteiger partial charge >= 0.3 is 5.97 Å². The zero-order chi connectivity index (χ0) is 15.1. The molecule has 1 unspecified atom stereocenters. The van der Waals surface area contributed by atoms with Gasteiger partial charge in [0, 0.05) is 12.1 Å². The van der Waals surface area contributed by atoms with Crippen molar-refractivity contribution in [1.82, 2.24) is 4.31 Å². The third-order valence-corrected chi connectivity index (χ3v) is 5.05. The van der Waals surface area contributed by atoms with Gasteiger partial charge in [-0.25, -0.2) is 12.7 Å². The summed E-state index contributed by atoms with van der Waals surface area (Å²) in [7, 11) is -2.88. The highest BCUT2D eigenvalue weighted by Crippen LogP contribution is 2.36. The second-order valence-electron chi connectivity index (χ2n) is 4.18. The predicted molar refractivity (Wildman–Crippen MR) is 70.8 cm³/mol. The van der Waals surface area contributed by atoms with Crippen LogP contribution in [-0.2, 0) is 24.3 Å². The number of benzene rings is 1. The molecule has 1 atom stereocenters. The van der Waals surface area contributed by atoms with E-state index in [0.29, 0.717) is 4.31 Å². The first kappa shape index (κ1) is 14.8. The van der Waals surface area contributed by atoms with Gasteiger partial charge in [0.25, 0.3) is 15.9 Å². The second-order valence-corrected chi connectivity index (χ2v) is 6.55. The van der Waals surface area contributed by atoms with Crippen LogP contribution in [0.4, 0.5) is 0 Å². The molecule has 0 saturated carbocycles. The van der Waals surface area contributed by atoms with Gasteiger partial charge in [-0.15, -0.1) is 0 Å². The van der Waals surface area contributed by atoms with Gasteiger partial charge in [-0.1, -0.05) is 17.7 Å². The van der Waals surface area contributed by atoms with E-state index in [-0.39, 0.29) is 22.1 Å². The van der Waals surface area contributed by atoms with Crippen molar-refractivity contribution in [1.29, 1.82) is 0 Å². The smallest absolute Gasteiger partial charge is 0.323 e. The van der Waals surface area contributed by atoms with Crippen LogP contribution in [0.3, 0.4) is 0 Å². The molecule has 1 aromatic carbocycles. The van der Waals surface area contributed by atoms with Crippen LogP contribution in [0.5, 0.6) is 0 Å². The number of rotatable bonds is 2. The van der Waals surface area contributed by atoms with E-state index in [9.17, 15) is 18.0 Å². The molecule has 6 nitrogen and oxygen atoms in total. The lowest BCUT2D eigenvalue weighted by Crippen LogP contribution is -2.44. The van der Waals surface area contributed by atoms with Gasteiger partial charge in [0.05, 0.1) is 11.5 Å². The second kappa shape index (κ2) is 5.06. The fourth-order valence-electron chi connectivity index (χ4n) is 2.00. The fourth-order valence-corrected chi connectivity index (χ4v) is 3.64. The van der Waals surface area contributed by atoms with Crippen LogP contribution < -0.4 is 0 Å². The first-order chi connectivity index (χ1) is 9.30. The average molecular weight is 318 g/mol. The molecule has 1 amide bonds. The number of likely N-dealkylation sites (N-methyl/N-ethyl adjacent to an activating group) is 1. The van der Waals surface area contributed by atoms with E-state index in [1.165, 1.54) is 18.2 Å². The molecule has 8 heteroatoms. The molecule has 1 aromatic rings. The third kappa shape index (κ3) is 2.16. The van der Waals surface area contributed by atoms with E-state index in [1.807, 2.05) is 0 Å². The summed E-state index contributed by atoms with van der Waals surface area (Å²) in [4.78, 5) is 23.9. The van der Waals surface area contributed by atoms with Crippen LogP contribution in [-0.4, -0.2) is 38.3 Å². The van der Waals surface area contributed by atoms with Crippen molar-refractivity contribution in [2.45, 2.75) is 17.7 Å². The number of carbonyl (C=O) groups is 2. The molecule has 0 N–H and O–H groups in total. The number of ether oxygens (including phenoxy) is 1. The lowest BCUT2D eigenvalue weighted by molar-refractivity contribution is -0.149. The largest absolute Gasteiger partial charge is 0.465 e. The Morgan fingerprint density at radius 2 is 2.10 bits per heavy atom. The van der Waals surface area contributed by atoms with E-state index in [4.69, 9.17) is 16.3 Å². The van der Waals surface area contributed by atoms with E-state index in [2.05, 4.69) is 0 Å². The van der Waals surface area contributed by atoms with Crippen molar-refractivity contribution in [3.8, 4) is 0 Å². The van der Waals surface area contributed by atoms with Crippen molar-refractivity contribution in [3.05, 3.63) is 28.8 Å². The van der Waals surface area contributed by atoms with E-state index in [0.717, 1.165) is 7.05 Å². The van der Waals surface area contributed by atoms with Crippen molar-refractivity contribution < 1.29 is 22.7 Å². The number of hydrogen-bond donors (Lipinski definition) is 0. The number of carbonyl (C=O) groups excluding carboxylic acids is 2. The van der Waals surface area contributed by atoms with E-state index in [1.54, 1.807) is 6.92 Å². The monoisotopic (exact) mass is 317 g/mol. The summed E-state index contributed by atoms with van der Waals surface area (Å²) < 4.78 is 29.8. The molecule has 1 aliphatic rings. The summed E-state index contributed by atoms with van der Waals surface area (Å²) in [5.74, 6) is -2.89. The first-order valence-corrected chi connectivity index (χ1v) is 7.61. The summed E-state index contributed by atoms with van der Waals surface area (Å²) in [6.07, 6.45) is 0. The van der Waals surface area contributed by atoms with Crippen LogP contribution in [0, 0.1) is 0 Å². The highest BCUT2D eigenvalue weighted by Gasteiger charge is 2.45. The number of nitrogens with zero attached hydrogens (tertiary/aromatic N) is 1. The number of hydrogen-bond acceptors (Lipinski definition) is 5. The lowest BCUT2D eigenvalue weighted by atomic mass is 9.98. The first-order valence-electron chi connectivity index (χ1n) is 5.79. The van der Waals surface area contributed by atoms with Crippen molar-refractivity contribution in [2.75, 3.05) is 13.7 Å². The minimum atomic E-state index is -3.98. The normalized spacial score (nSPS) is 20.4. The fraction of sp³-hybridized carbons (Fsp3) is 0.333. The number of sulfonamides is 1. The summed E-state index contributed by atoms with van der Waals surface area (Å²) in [5.41, 5.74) is 0.0935. The molecule has 0 aromatic heterocycles. The molecular formula is C12H12ClNO5S. The highest BCUT2D eigenvalue weighted by molar-refractivity contribution is 7.89. The van der Waals surface area contributed by atoms with Gasteiger partial charge in [-0.3, -0.25) is 9.59 Å². The number of halogens is 1. The standard InChI is InChI=1S/C12H12ClNO5S/c1-3-19-12(16)10-8-5-4-7(13)6-9(8)20(17,18)14(2)11(10)15/h4-6,10H,3H2,1-2H3. The van der Waals surface area contributed by atoms with Crippen LogP contribution in [0.15, 0.2) is 23.1 Å². The molecule has 0 saturated heterocycles. The molecule has 20 heavy (non-hydrogen) atoms. The third-order valence-electron chi connectivity index (χ3n) is 3.00. The van der Waals surface area contributed by atoms with Crippen molar-refractivity contribution in [2.24, 2.45) is 0 Å². The van der Waals surface area contributed by atoms with E-state index >= 15 is 0 Å². The maximum absolute atomic E-state index is 12.2. The van der Waals surface area contributed by atoms with Gasteiger partial charge in [0.1, 0.15) is 0 Å². The van der Waals surface area contributed by atoms with Gasteiger partial charge in [-0.2, -0.15) is 0 Å². The Kier molecular flexibility index (Phi) is 3.75. The SMILES string of the molecule is CCOC(=O)C1C(=O)N(C)S(=O)(=O)c2cc(Cl)ccc21. The molecule has 2 rings (SSSR count). The van der Waals surface area contributed by atoms with Gasteiger partial charge in [0.2, 0.25) is 0 Å². The highest BCUT2D eigenvalue weighted by atomic mass is 35.5. The number of fused-ring (bicyclic) bond motifs is 1. The molecule has 0 fully saturated rings. The molecule has 0 aliphatic carbocycles. The maximum Gasteiger partial charge on any atom is 0.323 e. The van der Waals surface area contributed by atoms with Gasteiger partial charge in [0.15, 0.2) is 5.92 Å². The van der Waals surface area contributed by atoms with Gasteiger partial charge < -0.3 is 4.74 Å². The lowest BCUT2D eigenvalue weighted by Gasteiger charge is -2.29. The van der Waals surface area contributed by atoms with E-state index < -0.39 is 27.8 Å². The Balaban J connectivity index is 2.68. The number of amides is 1. The van der Waals surface area contributed by atoms with Crippen LogP contribution in [0.2, 0.25) is 5.02 Å². The average Bonchev–Trinajstić information content (AvgIpc) is 2.38. The molecule has 1 aliphatic heterocycles. The van der Waals surface area contributed by atoms with Crippen LogP contribution in [0.1, 0.15) is 18.4 Å². The van der Waals surface area contributed by atoms with Crippen LogP contribution >= 0.6 is 11.6 Å². The predicted octanol–water partition coefficient (Wildman–Crippen LogP) is 1.15. The molecule has 108 valence electrons. The number of esters is 1. The Bertz CT molecular complexity index is 685. The summed E-state index contributed by atoms with van der Waals surface area (Å²) in [5, 5.41) is 0.206. The molecule has 0 bridgehead atoms. The molecule has 0 radical (unpaired) electrons. The molecule has 1 heterocycles. The maximum atomic E-state index is 12.2. The Labute approximate surface area is 121 Å². The van der Waals surface area contributed by atoms with Gasteiger partial charge in [-0.05, 0) is 24.6 Å². The summed E-state index contributed by atoms with van der Waals surface area (Å²) in [6.45, 7) is 1.70. The van der Waals surface area contributed by atoms with Crippen LogP contribution in [0.25, 0.3) is 0 Å². The topological polar surface area (TPSA) is 80.8 Å². The molecular weight excluding hydrogens is 306 g/mol. The summed E-state index contributed by atoms with van der Waals surface area (Å²) in [6, 6.07) is 4.02. The Hall–Kier alpha value is -1.60. The zero-order valence-electron chi connectivity index (χ0n) is 10.8. The Morgan fingerprint density at radius 1 is 1.45 bits per heavy atom. The van der Waals surface area contributed by atoms with Crippen molar-refractivity contribution >= 4 is 33.5 Å². The minimum absolute atomic E-state index is 0.0935. The quantitative estimate of drug-likeness (QED) is 0.603. The summed E-state index contributed by atoms with van der Waals surface area (Å²) >= 11 is 5.79. The van der Waals surface area contributed by atoms with Crippen molar-refractivity contribution in [3.63, 3.8) is 0 Å². The minimum Gasteiger partial charge on any atom is -0.465 e. The molecule has 0 spiro atoms. The zero-order valence-corrected chi connectivity index (χ0v) is 12.4.